The predicted molar refractivity (Wildman–Crippen MR) is 93.2 cm³/mol. The molecule has 0 aliphatic carbocycles. The van der Waals surface area contributed by atoms with Crippen LogP contribution in [0.5, 0.6) is 0 Å². The van der Waals surface area contributed by atoms with Crippen molar-refractivity contribution in [1.29, 1.82) is 0 Å². The molecular weight excluding hydrogens is 338 g/mol. The van der Waals surface area contributed by atoms with Gasteiger partial charge in [0.1, 0.15) is 11.6 Å². The summed E-state index contributed by atoms with van der Waals surface area (Å²) in [6, 6.07) is 8.47. The molecule has 5 nitrogen and oxygen atoms in total. The van der Waals surface area contributed by atoms with Gasteiger partial charge in [0.25, 0.3) is 5.91 Å². The Hall–Kier alpha value is -3.09. The van der Waals surface area contributed by atoms with Crippen LogP contribution in [0.25, 0.3) is 5.82 Å². The van der Waals surface area contributed by atoms with Crippen molar-refractivity contribution in [2.75, 3.05) is 6.54 Å². The number of nitrogens with one attached hydrogen (secondary N) is 1. The SMILES string of the molecule is Cc1nn(-c2ccccn2)c(C)c1CCNC(=O)c1ccc(F)cc1F. The van der Waals surface area contributed by atoms with Crippen LogP contribution < -0.4 is 5.32 Å². The molecule has 0 unspecified atom stereocenters. The standard InChI is InChI=1S/C19H18F2N4O/c1-12-15(13(2)25(24-12)18-5-3-4-9-22-18)8-10-23-19(26)16-7-6-14(20)11-17(16)21/h3-7,9,11H,8,10H2,1-2H3,(H,23,26). The number of carbonyl (C=O) groups excluding carboxylic acids is 1. The van der Waals surface area contributed by atoms with Crippen LogP contribution in [0.3, 0.4) is 0 Å². The zero-order chi connectivity index (χ0) is 18.7. The molecule has 2 aromatic heterocycles. The molecule has 0 spiro atoms. The number of aromatic nitrogens is 3. The highest BCUT2D eigenvalue weighted by atomic mass is 19.1. The number of amides is 1. The fourth-order valence-corrected chi connectivity index (χ4v) is 2.81. The Labute approximate surface area is 149 Å². The molecule has 0 bridgehead atoms. The van der Waals surface area contributed by atoms with E-state index in [0.717, 1.165) is 34.9 Å². The zero-order valence-corrected chi connectivity index (χ0v) is 14.5. The number of rotatable bonds is 5. The molecule has 26 heavy (non-hydrogen) atoms. The van der Waals surface area contributed by atoms with E-state index in [1.807, 2.05) is 32.0 Å². The van der Waals surface area contributed by atoms with E-state index in [-0.39, 0.29) is 5.56 Å². The molecule has 2 heterocycles. The summed E-state index contributed by atoms with van der Waals surface area (Å²) in [5.74, 6) is -1.45. The van der Waals surface area contributed by atoms with Gasteiger partial charge in [-0.25, -0.2) is 18.4 Å². The van der Waals surface area contributed by atoms with E-state index in [1.54, 1.807) is 10.9 Å². The summed E-state index contributed by atoms with van der Waals surface area (Å²) in [5, 5.41) is 7.16. The largest absolute Gasteiger partial charge is 0.352 e. The second kappa shape index (κ2) is 7.43. The first-order valence-electron chi connectivity index (χ1n) is 8.17. The van der Waals surface area contributed by atoms with Gasteiger partial charge < -0.3 is 5.32 Å². The van der Waals surface area contributed by atoms with Crippen LogP contribution in [-0.2, 0) is 6.42 Å². The summed E-state index contributed by atoms with van der Waals surface area (Å²) in [6.45, 7) is 4.14. The van der Waals surface area contributed by atoms with Crippen molar-refractivity contribution in [3.05, 3.63) is 76.7 Å². The minimum Gasteiger partial charge on any atom is -0.352 e. The normalized spacial score (nSPS) is 10.8. The van der Waals surface area contributed by atoms with Gasteiger partial charge in [-0.1, -0.05) is 6.07 Å². The predicted octanol–water partition coefficient (Wildman–Crippen LogP) is 3.13. The smallest absolute Gasteiger partial charge is 0.254 e. The van der Waals surface area contributed by atoms with Gasteiger partial charge in [-0.2, -0.15) is 5.10 Å². The summed E-state index contributed by atoms with van der Waals surface area (Å²) < 4.78 is 28.3. The molecule has 3 aromatic rings. The minimum absolute atomic E-state index is 0.177. The monoisotopic (exact) mass is 356 g/mol. The number of carbonyl (C=O) groups is 1. The summed E-state index contributed by atoms with van der Waals surface area (Å²) in [7, 11) is 0. The van der Waals surface area contributed by atoms with Gasteiger partial charge in [-0.3, -0.25) is 4.79 Å². The Bertz CT molecular complexity index is 938. The molecule has 1 N–H and O–H groups in total. The fraction of sp³-hybridized carbons (Fsp3) is 0.211. The first-order valence-corrected chi connectivity index (χ1v) is 8.17. The average Bonchev–Trinajstić information content (AvgIpc) is 2.90. The van der Waals surface area contributed by atoms with Crippen LogP contribution in [0.1, 0.15) is 27.3 Å². The summed E-state index contributed by atoms with van der Waals surface area (Å²) in [6.07, 6.45) is 2.24. The number of hydrogen-bond donors (Lipinski definition) is 1. The van der Waals surface area contributed by atoms with Crippen LogP contribution >= 0.6 is 0 Å². The van der Waals surface area contributed by atoms with Crippen molar-refractivity contribution < 1.29 is 13.6 Å². The highest BCUT2D eigenvalue weighted by molar-refractivity contribution is 5.94. The Morgan fingerprint density at radius 1 is 1.19 bits per heavy atom. The lowest BCUT2D eigenvalue weighted by molar-refractivity contribution is 0.0950. The van der Waals surface area contributed by atoms with Crippen LogP contribution in [0.15, 0.2) is 42.6 Å². The van der Waals surface area contributed by atoms with E-state index in [9.17, 15) is 13.6 Å². The highest BCUT2D eigenvalue weighted by Gasteiger charge is 2.15. The molecule has 0 aliphatic rings. The Balaban J connectivity index is 1.69. The van der Waals surface area contributed by atoms with Gasteiger partial charge in [0, 0.05) is 24.5 Å². The Morgan fingerprint density at radius 3 is 2.69 bits per heavy atom. The van der Waals surface area contributed by atoms with Crippen LogP contribution in [0, 0.1) is 25.5 Å². The molecule has 0 saturated heterocycles. The third-order valence-electron chi connectivity index (χ3n) is 4.14. The summed E-state index contributed by atoms with van der Waals surface area (Å²) in [4.78, 5) is 16.3. The van der Waals surface area contributed by atoms with Crippen molar-refractivity contribution in [3.8, 4) is 5.82 Å². The van der Waals surface area contributed by atoms with Crippen LogP contribution in [0.4, 0.5) is 8.78 Å². The number of pyridine rings is 1. The second-order valence-electron chi connectivity index (χ2n) is 5.88. The quantitative estimate of drug-likeness (QED) is 0.764. The third kappa shape index (κ3) is 3.61. The average molecular weight is 356 g/mol. The van der Waals surface area contributed by atoms with Gasteiger partial charge >= 0.3 is 0 Å². The van der Waals surface area contributed by atoms with E-state index in [2.05, 4.69) is 15.4 Å². The number of aryl methyl sites for hydroxylation is 1. The second-order valence-corrected chi connectivity index (χ2v) is 5.88. The molecule has 134 valence electrons. The zero-order valence-electron chi connectivity index (χ0n) is 14.5. The first-order chi connectivity index (χ1) is 12.5. The van der Waals surface area contributed by atoms with Crippen molar-refractivity contribution in [2.45, 2.75) is 20.3 Å². The van der Waals surface area contributed by atoms with E-state index in [0.29, 0.717) is 19.0 Å². The Morgan fingerprint density at radius 2 is 2.00 bits per heavy atom. The molecule has 3 rings (SSSR count). The molecular formula is C19H18F2N4O. The van der Waals surface area contributed by atoms with E-state index in [1.165, 1.54) is 0 Å². The van der Waals surface area contributed by atoms with E-state index >= 15 is 0 Å². The molecule has 0 atom stereocenters. The van der Waals surface area contributed by atoms with Gasteiger partial charge in [0.15, 0.2) is 5.82 Å². The van der Waals surface area contributed by atoms with Crippen LogP contribution in [-0.4, -0.2) is 27.2 Å². The fourth-order valence-electron chi connectivity index (χ4n) is 2.81. The van der Waals surface area contributed by atoms with E-state index < -0.39 is 17.5 Å². The topological polar surface area (TPSA) is 59.8 Å². The Kier molecular flexibility index (Phi) is 5.06. The molecule has 1 aromatic carbocycles. The maximum absolute atomic E-state index is 13.6. The molecule has 0 aliphatic heterocycles. The van der Waals surface area contributed by atoms with Crippen molar-refractivity contribution >= 4 is 5.91 Å². The lowest BCUT2D eigenvalue weighted by Gasteiger charge is -2.07. The highest BCUT2D eigenvalue weighted by Crippen LogP contribution is 2.17. The maximum Gasteiger partial charge on any atom is 0.254 e. The summed E-state index contributed by atoms with van der Waals surface area (Å²) >= 11 is 0. The van der Waals surface area contributed by atoms with Crippen molar-refractivity contribution in [2.24, 2.45) is 0 Å². The summed E-state index contributed by atoms with van der Waals surface area (Å²) in [5.41, 5.74) is 2.60. The minimum atomic E-state index is -0.877. The number of benzene rings is 1. The molecule has 0 radical (unpaired) electrons. The lowest BCUT2D eigenvalue weighted by atomic mass is 10.1. The van der Waals surface area contributed by atoms with Gasteiger partial charge in [0.05, 0.1) is 11.3 Å². The molecule has 0 fully saturated rings. The number of halogens is 2. The van der Waals surface area contributed by atoms with Crippen molar-refractivity contribution in [1.82, 2.24) is 20.1 Å². The van der Waals surface area contributed by atoms with Gasteiger partial charge in [0.2, 0.25) is 0 Å². The molecule has 7 heteroatoms. The van der Waals surface area contributed by atoms with Gasteiger partial charge in [-0.15, -0.1) is 0 Å². The first kappa shape index (κ1) is 17.7. The maximum atomic E-state index is 13.6. The third-order valence-corrected chi connectivity index (χ3v) is 4.14. The molecule has 0 saturated carbocycles. The van der Waals surface area contributed by atoms with Crippen molar-refractivity contribution in [3.63, 3.8) is 0 Å². The number of nitrogens with zero attached hydrogens (tertiary/aromatic N) is 3. The molecule has 1 amide bonds. The van der Waals surface area contributed by atoms with Crippen LogP contribution in [0.2, 0.25) is 0 Å². The van der Waals surface area contributed by atoms with E-state index in [4.69, 9.17) is 0 Å². The lowest BCUT2D eigenvalue weighted by Crippen LogP contribution is -2.26. The van der Waals surface area contributed by atoms with Gasteiger partial charge in [-0.05, 0) is 50.1 Å². The number of hydrogen-bond acceptors (Lipinski definition) is 3.